The molecule has 0 aromatic carbocycles. The Hall–Kier alpha value is -0.890. The smallest absolute Gasteiger partial charge is 0.164 e. The molecule has 7 heteroatoms. The summed E-state index contributed by atoms with van der Waals surface area (Å²) in [6, 6.07) is 0. The highest BCUT2D eigenvalue weighted by molar-refractivity contribution is 5.23. The lowest BCUT2D eigenvalue weighted by molar-refractivity contribution is -0.191. The van der Waals surface area contributed by atoms with Gasteiger partial charge in [-0.3, -0.25) is 4.39 Å². The molecule has 16 heavy (non-hydrogen) atoms. The minimum Gasteiger partial charge on any atom is -0.506 e. The summed E-state index contributed by atoms with van der Waals surface area (Å²) < 4.78 is 12.0. The maximum Gasteiger partial charge on any atom is 0.164 e. The highest BCUT2D eigenvalue weighted by atomic mass is 19.1. The van der Waals surface area contributed by atoms with Crippen LogP contribution in [0.25, 0.3) is 0 Å². The summed E-state index contributed by atoms with van der Waals surface area (Å²) in [6.07, 6.45) is -6.29. The van der Waals surface area contributed by atoms with Crippen LogP contribution >= 0.6 is 0 Å². The molecule has 0 aromatic heterocycles. The van der Waals surface area contributed by atoms with Crippen LogP contribution in [-0.2, 0) is 0 Å². The van der Waals surface area contributed by atoms with Gasteiger partial charge in [0.25, 0.3) is 0 Å². The number of hydrogen-bond acceptors (Lipinski definition) is 6. The van der Waals surface area contributed by atoms with E-state index in [4.69, 9.17) is 5.11 Å². The van der Waals surface area contributed by atoms with Crippen LogP contribution in [-0.4, -0.2) is 61.2 Å². The molecule has 6 nitrogen and oxygen atoms in total. The zero-order chi connectivity index (χ0) is 12.5. The second-order valence-electron chi connectivity index (χ2n) is 3.85. The number of alkyl halides is 1. The fraction of sp³-hybridized carbons (Fsp3) is 0.778. The van der Waals surface area contributed by atoms with E-state index >= 15 is 0 Å². The molecule has 0 saturated heterocycles. The summed E-state index contributed by atoms with van der Waals surface area (Å²) in [5.74, 6) is -2.01. The largest absolute Gasteiger partial charge is 0.506 e. The molecule has 4 atom stereocenters. The zero-order valence-corrected chi connectivity index (χ0v) is 8.41. The minimum atomic E-state index is -2.28. The fourth-order valence-electron chi connectivity index (χ4n) is 1.75. The van der Waals surface area contributed by atoms with Crippen LogP contribution in [0.1, 0.15) is 12.8 Å². The molecule has 0 fully saturated rings. The maximum atomic E-state index is 12.0. The van der Waals surface area contributed by atoms with Gasteiger partial charge in [0.2, 0.25) is 0 Å². The van der Waals surface area contributed by atoms with Crippen LogP contribution in [0.4, 0.5) is 4.39 Å². The van der Waals surface area contributed by atoms with Crippen molar-refractivity contribution in [3.8, 4) is 0 Å². The molecule has 94 valence electrons. The third-order valence-electron chi connectivity index (χ3n) is 2.80. The van der Waals surface area contributed by atoms with Gasteiger partial charge in [-0.05, 0) is 12.8 Å². The van der Waals surface area contributed by atoms with E-state index < -0.39 is 42.1 Å². The van der Waals surface area contributed by atoms with Crippen LogP contribution in [0.5, 0.6) is 0 Å². The molecule has 1 aliphatic carbocycles. The highest BCUT2D eigenvalue weighted by Crippen LogP contribution is 2.34. The number of hydrogen-bond donors (Lipinski definition) is 6. The van der Waals surface area contributed by atoms with Gasteiger partial charge in [0.05, 0.1) is 6.67 Å². The summed E-state index contributed by atoms with van der Waals surface area (Å²) in [6.45, 7) is -0.783. The summed E-state index contributed by atoms with van der Waals surface area (Å²) in [7, 11) is 0. The van der Waals surface area contributed by atoms with Crippen molar-refractivity contribution < 1.29 is 35.0 Å². The Morgan fingerprint density at radius 3 is 2.19 bits per heavy atom. The Balaban J connectivity index is 3.02. The molecule has 1 aliphatic rings. The SMILES string of the molecule is OC1=C(O)C(O)[C@](O)(CCCF)[C@H](O)C1O. The molecule has 0 saturated carbocycles. The number of halogens is 1. The molecular formula is C9H15FO6. The lowest BCUT2D eigenvalue weighted by Crippen LogP contribution is -2.61. The minimum absolute atomic E-state index is 0.161. The van der Waals surface area contributed by atoms with Gasteiger partial charge >= 0.3 is 0 Å². The normalized spacial score (nSPS) is 40.2. The van der Waals surface area contributed by atoms with Gasteiger partial charge < -0.3 is 30.6 Å². The van der Waals surface area contributed by atoms with E-state index in [-0.39, 0.29) is 12.8 Å². The highest BCUT2D eigenvalue weighted by Gasteiger charge is 2.53. The first-order valence-electron chi connectivity index (χ1n) is 4.80. The molecule has 2 unspecified atom stereocenters. The molecule has 0 bridgehead atoms. The van der Waals surface area contributed by atoms with Crippen molar-refractivity contribution >= 4 is 0 Å². The van der Waals surface area contributed by atoms with Crippen molar-refractivity contribution in [2.75, 3.05) is 6.67 Å². The molecular weight excluding hydrogens is 223 g/mol. The van der Waals surface area contributed by atoms with Gasteiger partial charge in [0.1, 0.15) is 23.9 Å². The van der Waals surface area contributed by atoms with E-state index in [1.54, 1.807) is 0 Å². The molecule has 1 rings (SSSR count). The monoisotopic (exact) mass is 238 g/mol. The second-order valence-corrected chi connectivity index (χ2v) is 3.85. The summed E-state index contributed by atoms with van der Waals surface area (Å²) in [4.78, 5) is 0. The van der Waals surface area contributed by atoms with Crippen molar-refractivity contribution in [3.05, 3.63) is 11.5 Å². The van der Waals surface area contributed by atoms with Crippen molar-refractivity contribution in [3.63, 3.8) is 0 Å². The Labute approximate surface area is 90.9 Å². The van der Waals surface area contributed by atoms with Gasteiger partial charge in [-0.15, -0.1) is 0 Å². The third kappa shape index (κ3) is 1.86. The first-order valence-corrected chi connectivity index (χ1v) is 4.80. The Bertz CT molecular complexity index is 294. The van der Waals surface area contributed by atoms with E-state index in [0.29, 0.717) is 0 Å². The first-order chi connectivity index (χ1) is 7.36. The van der Waals surface area contributed by atoms with Gasteiger partial charge in [-0.1, -0.05) is 0 Å². The van der Waals surface area contributed by atoms with Crippen molar-refractivity contribution in [2.24, 2.45) is 0 Å². The average Bonchev–Trinajstić information content (AvgIpc) is 2.29. The standard InChI is InChI=1S/C9H15FO6/c10-3-1-2-9(16)7(14)5(12)4(11)6(13)8(9)15/h5,7-8,11-16H,1-3H2/t5?,7-,8?,9+/m1/s1. The van der Waals surface area contributed by atoms with Gasteiger partial charge in [0, 0.05) is 0 Å². The molecule has 0 amide bonds. The topological polar surface area (TPSA) is 121 Å². The summed E-state index contributed by atoms with van der Waals surface area (Å²) in [5, 5.41) is 56.5. The Kier molecular flexibility index (Phi) is 3.74. The van der Waals surface area contributed by atoms with E-state index in [9.17, 15) is 29.9 Å². The van der Waals surface area contributed by atoms with Crippen LogP contribution in [0.15, 0.2) is 11.5 Å². The van der Waals surface area contributed by atoms with Crippen LogP contribution in [0, 0.1) is 0 Å². The van der Waals surface area contributed by atoms with Gasteiger partial charge in [-0.2, -0.15) is 0 Å². The summed E-state index contributed by atoms with van der Waals surface area (Å²) in [5.41, 5.74) is -2.28. The molecule has 0 aromatic rings. The van der Waals surface area contributed by atoms with E-state index in [1.165, 1.54) is 0 Å². The molecule has 0 radical (unpaired) electrons. The molecule has 6 N–H and O–H groups in total. The molecule has 0 aliphatic heterocycles. The average molecular weight is 238 g/mol. The third-order valence-corrected chi connectivity index (χ3v) is 2.80. The molecule has 0 heterocycles. The fourth-order valence-corrected chi connectivity index (χ4v) is 1.75. The summed E-state index contributed by atoms with van der Waals surface area (Å²) >= 11 is 0. The van der Waals surface area contributed by atoms with Crippen LogP contribution < -0.4 is 0 Å². The number of rotatable bonds is 3. The van der Waals surface area contributed by atoms with Crippen LogP contribution in [0.2, 0.25) is 0 Å². The van der Waals surface area contributed by atoms with Crippen molar-refractivity contribution in [2.45, 2.75) is 36.8 Å². The molecule has 0 spiro atoms. The predicted molar refractivity (Wildman–Crippen MR) is 50.5 cm³/mol. The van der Waals surface area contributed by atoms with Gasteiger partial charge in [0.15, 0.2) is 11.5 Å². The second kappa shape index (κ2) is 4.54. The Morgan fingerprint density at radius 1 is 1.12 bits per heavy atom. The van der Waals surface area contributed by atoms with E-state index in [2.05, 4.69) is 0 Å². The lowest BCUT2D eigenvalue weighted by Gasteiger charge is -2.42. The predicted octanol–water partition coefficient (Wildman–Crippen LogP) is -1.11. The van der Waals surface area contributed by atoms with E-state index in [0.717, 1.165) is 0 Å². The lowest BCUT2D eigenvalue weighted by atomic mass is 9.77. The number of aliphatic hydroxyl groups excluding tert-OH is 5. The van der Waals surface area contributed by atoms with Crippen molar-refractivity contribution in [1.29, 1.82) is 0 Å². The number of aliphatic hydroxyl groups is 6. The quantitative estimate of drug-likeness (QED) is 0.371. The van der Waals surface area contributed by atoms with Gasteiger partial charge in [-0.25, -0.2) is 0 Å². The maximum absolute atomic E-state index is 12.0. The first kappa shape index (κ1) is 13.2. The zero-order valence-electron chi connectivity index (χ0n) is 8.41. The van der Waals surface area contributed by atoms with E-state index in [1.807, 2.05) is 0 Å². The Morgan fingerprint density at radius 2 is 1.69 bits per heavy atom. The van der Waals surface area contributed by atoms with Crippen molar-refractivity contribution in [1.82, 2.24) is 0 Å². The van der Waals surface area contributed by atoms with Crippen LogP contribution in [0.3, 0.4) is 0 Å².